The summed E-state index contributed by atoms with van der Waals surface area (Å²) in [7, 11) is 0. The molecular formula is C20H18BrClN6O2. The zero-order valence-electron chi connectivity index (χ0n) is 16.2. The van der Waals surface area contributed by atoms with Gasteiger partial charge in [-0.2, -0.15) is 9.61 Å². The summed E-state index contributed by atoms with van der Waals surface area (Å²) < 4.78 is 7.51. The van der Waals surface area contributed by atoms with Crippen LogP contribution in [0.5, 0.6) is 0 Å². The van der Waals surface area contributed by atoms with Gasteiger partial charge in [0.05, 0.1) is 22.1 Å². The highest BCUT2D eigenvalue weighted by Crippen LogP contribution is 2.30. The van der Waals surface area contributed by atoms with E-state index >= 15 is 0 Å². The summed E-state index contributed by atoms with van der Waals surface area (Å²) in [6.45, 7) is 4.33. The number of anilines is 1. The minimum atomic E-state index is -0.216. The average Bonchev–Trinajstić information content (AvgIpc) is 3.27. The number of halogens is 2. The molecule has 0 aliphatic carbocycles. The molecule has 0 fully saturated rings. The van der Waals surface area contributed by atoms with Crippen molar-refractivity contribution in [3.8, 4) is 11.3 Å². The molecule has 8 nitrogen and oxygen atoms in total. The van der Waals surface area contributed by atoms with Crippen LogP contribution in [-0.2, 0) is 0 Å². The van der Waals surface area contributed by atoms with E-state index in [1.165, 1.54) is 0 Å². The van der Waals surface area contributed by atoms with Gasteiger partial charge in [-0.15, -0.1) is 0 Å². The van der Waals surface area contributed by atoms with Crippen LogP contribution < -0.4 is 10.6 Å². The van der Waals surface area contributed by atoms with Gasteiger partial charge in [0.1, 0.15) is 17.1 Å². The molecule has 1 amide bonds. The predicted molar refractivity (Wildman–Crippen MR) is 118 cm³/mol. The van der Waals surface area contributed by atoms with Gasteiger partial charge in [-0.25, -0.2) is 4.98 Å². The van der Waals surface area contributed by atoms with Gasteiger partial charge < -0.3 is 15.2 Å². The molecule has 0 unspecified atom stereocenters. The number of carbonyl (C=O) groups is 1. The summed E-state index contributed by atoms with van der Waals surface area (Å²) in [6.07, 6.45) is 1.68. The fourth-order valence-electron chi connectivity index (χ4n) is 3.13. The van der Waals surface area contributed by atoms with E-state index in [2.05, 4.69) is 41.8 Å². The maximum atomic E-state index is 12.4. The normalized spacial score (nSPS) is 11.1. The largest absolute Gasteiger partial charge is 0.368 e. The van der Waals surface area contributed by atoms with E-state index in [1.54, 1.807) is 24.6 Å². The van der Waals surface area contributed by atoms with Gasteiger partial charge in [0, 0.05) is 29.7 Å². The lowest BCUT2D eigenvalue weighted by Gasteiger charge is -2.12. The standard InChI is InChI=1S/C20H18BrClN6O2/c1-11-18(12(2)30-27-11)20(29)24-8-7-23-17-9-16(13-5-3-4-6-15(13)22)26-19-14(21)10-25-28(17)19/h3-6,9-10,23H,7-8H2,1-2H3,(H,24,29). The van der Waals surface area contributed by atoms with Crippen molar-refractivity contribution >= 4 is 44.9 Å². The molecule has 0 aliphatic heterocycles. The molecule has 4 rings (SSSR count). The first-order chi connectivity index (χ1) is 14.5. The molecule has 154 valence electrons. The minimum absolute atomic E-state index is 0.216. The molecule has 0 bridgehead atoms. The second-order valence-electron chi connectivity index (χ2n) is 6.62. The summed E-state index contributed by atoms with van der Waals surface area (Å²) in [5.41, 5.74) is 3.24. The molecule has 10 heteroatoms. The lowest BCUT2D eigenvalue weighted by molar-refractivity contribution is 0.0953. The summed E-state index contributed by atoms with van der Waals surface area (Å²) in [4.78, 5) is 17.0. The van der Waals surface area contributed by atoms with E-state index in [-0.39, 0.29) is 5.91 Å². The van der Waals surface area contributed by atoms with Crippen molar-refractivity contribution in [1.82, 2.24) is 25.1 Å². The lowest BCUT2D eigenvalue weighted by atomic mass is 10.1. The lowest BCUT2D eigenvalue weighted by Crippen LogP contribution is -2.29. The van der Waals surface area contributed by atoms with E-state index in [0.717, 1.165) is 21.5 Å². The second kappa shape index (κ2) is 8.45. The van der Waals surface area contributed by atoms with Crippen LogP contribution in [0.2, 0.25) is 5.02 Å². The van der Waals surface area contributed by atoms with E-state index in [4.69, 9.17) is 16.1 Å². The van der Waals surface area contributed by atoms with Crippen LogP contribution in [0.25, 0.3) is 16.9 Å². The van der Waals surface area contributed by atoms with Crippen molar-refractivity contribution in [1.29, 1.82) is 0 Å². The Morgan fingerprint density at radius 3 is 2.80 bits per heavy atom. The minimum Gasteiger partial charge on any atom is -0.368 e. The van der Waals surface area contributed by atoms with Crippen molar-refractivity contribution in [3.05, 3.63) is 63.0 Å². The first kappa shape index (κ1) is 20.4. The molecule has 1 aromatic carbocycles. The van der Waals surface area contributed by atoms with Crippen LogP contribution in [-0.4, -0.2) is 38.8 Å². The van der Waals surface area contributed by atoms with Crippen molar-refractivity contribution in [2.45, 2.75) is 13.8 Å². The van der Waals surface area contributed by atoms with E-state index < -0.39 is 0 Å². The quantitative estimate of drug-likeness (QED) is 0.393. The molecule has 0 saturated carbocycles. The van der Waals surface area contributed by atoms with Crippen LogP contribution in [0.1, 0.15) is 21.8 Å². The molecule has 0 aliphatic rings. The van der Waals surface area contributed by atoms with Crippen LogP contribution in [0, 0.1) is 13.8 Å². The monoisotopic (exact) mass is 488 g/mol. The Balaban J connectivity index is 1.53. The summed E-state index contributed by atoms with van der Waals surface area (Å²) >= 11 is 9.84. The van der Waals surface area contributed by atoms with Gasteiger partial charge in [0.15, 0.2) is 5.65 Å². The fourth-order valence-corrected chi connectivity index (χ4v) is 3.71. The molecule has 30 heavy (non-hydrogen) atoms. The van der Waals surface area contributed by atoms with Gasteiger partial charge in [-0.3, -0.25) is 4.79 Å². The summed E-state index contributed by atoms with van der Waals surface area (Å²) in [5.74, 6) is 1.01. The number of rotatable bonds is 6. The molecule has 0 atom stereocenters. The maximum Gasteiger partial charge on any atom is 0.256 e. The van der Waals surface area contributed by atoms with Gasteiger partial charge in [-0.1, -0.05) is 35.0 Å². The zero-order chi connectivity index (χ0) is 21.3. The Kier molecular flexibility index (Phi) is 5.74. The molecule has 4 aromatic rings. The fraction of sp³-hybridized carbons (Fsp3) is 0.200. The number of aryl methyl sites for hydroxylation is 2. The molecular weight excluding hydrogens is 472 g/mol. The number of nitrogens with zero attached hydrogens (tertiary/aromatic N) is 4. The SMILES string of the molecule is Cc1noc(C)c1C(=O)NCCNc1cc(-c2ccccc2Cl)nc2c(Br)cnn12. The third kappa shape index (κ3) is 3.90. The Labute approximate surface area is 185 Å². The number of hydrogen-bond acceptors (Lipinski definition) is 6. The summed E-state index contributed by atoms with van der Waals surface area (Å²) in [6, 6.07) is 9.41. The number of fused-ring (bicyclic) bond motifs is 1. The molecule has 3 heterocycles. The smallest absolute Gasteiger partial charge is 0.256 e. The zero-order valence-corrected chi connectivity index (χ0v) is 18.6. The average molecular weight is 490 g/mol. The molecule has 2 N–H and O–H groups in total. The Morgan fingerprint density at radius 2 is 2.07 bits per heavy atom. The Bertz CT molecular complexity index is 1220. The van der Waals surface area contributed by atoms with Crippen molar-refractivity contribution < 1.29 is 9.32 Å². The van der Waals surface area contributed by atoms with E-state index in [1.807, 2.05) is 30.3 Å². The van der Waals surface area contributed by atoms with Crippen LogP contribution in [0.3, 0.4) is 0 Å². The maximum absolute atomic E-state index is 12.4. The van der Waals surface area contributed by atoms with Crippen molar-refractivity contribution in [2.75, 3.05) is 18.4 Å². The molecule has 0 spiro atoms. The third-order valence-electron chi connectivity index (χ3n) is 4.56. The topological polar surface area (TPSA) is 97.3 Å². The number of aromatic nitrogens is 4. The number of hydrogen-bond donors (Lipinski definition) is 2. The predicted octanol–water partition coefficient (Wildman–Crippen LogP) is 4.26. The van der Waals surface area contributed by atoms with Crippen LogP contribution in [0.4, 0.5) is 5.82 Å². The van der Waals surface area contributed by atoms with Gasteiger partial charge in [0.25, 0.3) is 5.91 Å². The van der Waals surface area contributed by atoms with Crippen LogP contribution >= 0.6 is 27.5 Å². The van der Waals surface area contributed by atoms with Crippen LogP contribution in [0.15, 0.2) is 45.5 Å². The van der Waals surface area contributed by atoms with Gasteiger partial charge in [0.2, 0.25) is 0 Å². The Morgan fingerprint density at radius 1 is 1.27 bits per heavy atom. The van der Waals surface area contributed by atoms with Crippen molar-refractivity contribution in [2.24, 2.45) is 0 Å². The Hall–Kier alpha value is -2.91. The molecule has 0 saturated heterocycles. The highest BCUT2D eigenvalue weighted by molar-refractivity contribution is 9.10. The summed E-state index contributed by atoms with van der Waals surface area (Å²) in [5, 5.41) is 15.0. The number of carbonyl (C=O) groups excluding carboxylic acids is 1. The molecule has 0 radical (unpaired) electrons. The number of amides is 1. The third-order valence-corrected chi connectivity index (χ3v) is 5.44. The number of benzene rings is 1. The number of nitrogens with one attached hydrogen (secondary N) is 2. The van der Waals surface area contributed by atoms with Crippen molar-refractivity contribution in [3.63, 3.8) is 0 Å². The van der Waals surface area contributed by atoms with E-state index in [0.29, 0.717) is 40.8 Å². The second-order valence-corrected chi connectivity index (χ2v) is 7.88. The van der Waals surface area contributed by atoms with Gasteiger partial charge >= 0.3 is 0 Å². The first-order valence-corrected chi connectivity index (χ1v) is 10.4. The molecule has 3 aromatic heterocycles. The highest BCUT2D eigenvalue weighted by atomic mass is 79.9. The van der Waals surface area contributed by atoms with E-state index in [9.17, 15) is 4.79 Å². The van der Waals surface area contributed by atoms with Gasteiger partial charge in [-0.05, 0) is 35.8 Å². The first-order valence-electron chi connectivity index (χ1n) is 9.20. The highest BCUT2D eigenvalue weighted by Gasteiger charge is 2.17.